The van der Waals surface area contributed by atoms with Crippen LogP contribution in [0.15, 0.2) is 78.2 Å². The molecule has 1 aliphatic rings. The fourth-order valence-electron chi connectivity index (χ4n) is 4.15. The van der Waals surface area contributed by atoms with E-state index in [0.29, 0.717) is 17.8 Å². The van der Waals surface area contributed by atoms with Crippen LogP contribution in [0.5, 0.6) is 5.75 Å². The molecule has 0 unspecified atom stereocenters. The molecule has 0 spiro atoms. The molecule has 0 radical (unpaired) electrons. The number of carbonyl (C=O) groups excluding carboxylic acids is 2. The van der Waals surface area contributed by atoms with Crippen LogP contribution in [-0.2, 0) is 6.42 Å². The summed E-state index contributed by atoms with van der Waals surface area (Å²) < 4.78 is 18.8. The summed E-state index contributed by atoms with van der Waals surface area (Å²) >= 11 is 1.63. The number of ether oxygens (including phenoxy) is 1. The smallest absolute Gasteiger partial charge is 0.259 e. The molecule has 0 saturated heterocycles. The quantitative estimate of drug-likeness (QED) is 0.395. The molecule has 1 aromatic heterocycles. The molecule has 0 saturated carbocycles. The van der Waals surface area contributed by atoms with Gasteiger partial charge in [-0.25, -0.2) is 4.39 Å². The average Bonchev–Trinajstić information content (AvgIpc) is 3.28. The lowest BCUT2D eigenvalue weighted by Crippen LogP contribution is -2.32. The van der Waals surface area contributed by atoms with Crippen LogP contribution in [0.3, 0.4) is 0 Å². The summed E-state index contributed by atoms with van der Waals surface area (Å²) in [7, 11) is 1.42. The highest BCUT2D eigenvalue weighted by molar-refractivity contribution is 7.14. The van der Waals surface area contributed by atoms with E-state index in [2.05, 4.69) is 17.4 Å². The van der Waals surface area contributed by atoms with Gasteiger partial charge in [0, 0.05) is 17.8 Å². The number of hydrogen-bond acceptors (Lipinski definition) is 4. The third-order valence-electron chi connectivity index (χ3n) is 5.84. The molecule has 2 amide bonds. The maximum atomic E-state index is 13.6. The van der Waals surface area contributed by atoms with Crippen LogP contribution >= 0.6 is 11.3 Å². The Labute approximate surface area is 200 Å². The number of anilines is 2. The van der Waals surface area contributed by atoms with Crippen molar-refractivity contribution in [1.82, 2.24) is 0 Å². The van der Waals surface area contributed by atoms with Crippen LogP contribution < -0.4 is 15.0 Å². The summed E-state index contributed by atoms with van der Waals surface area (Å²) in [6, 6.07) is 20.7. The van der Waals surface area contributed by atoms with E-state index in [1.165, 1.54) is 30.4 Å². The lowest BCUT2D eigenvalue weighted by molar-refractivity contribution is 0.0986. The van der Waals surface area contributed by atoms with E-state index >= 15 is 0 Å². The number of methoxy groups -OCH3 is 1. The zero-order valence-electron chi connectivity index (χ0n) is 18.4. The van der Waals surface area contributed by atoms with Crippen LogP contribution in [0.25, 0.3) is 10.4 Å². The first-order valence-electron chi connectivity index (χ1n) is 10.8. The van der Waals surface area contributed by atoms with Crippen molar-refractivity contribution in [1.29, 1.82) is 0 Å². The van der Waals surface area contributed by atoms with Gasteiger partial charge in [0.15, 0.2) is 0 Å². The van der Waals surface area contributed by atoms with E-state index < -0.39 is 11.7 Å². The molecule has 0 fully saturated rings. The van der Waals surface area contributed by atoms with Gasteiger partial charge in [-0.2, -0.15) is 0 Å². The van der Waals surface area contributed by atoms with Crippen LogP contribution in [0.2, 0.25) is 0 Å². The Kier molecular flexibility index (Phi) is 5.86. The molecular weight excluding hydrogens is 451 g/mol. The molecular formula is C27H21FN2O3S. The first kappa shape index (κ1) is 21.9. The predicted octanol–water partition coefficient (Wildman–Crippen LogP) is 6.02. The topological polar surface area (TPSA) is 58.6 Å². The summed E-state index contributed by atoms with van der Waals surface area (Å²) in [5.41, 5.74) is 4.42. The molecule has 34 heavy (non-hydrogen) atoms. The molecule has 1 aliphatic heterocycles. The van der Waals surface area contributed by atoms with Crippen LogP contribution in [0, 0.1) is 5.82 Å². The Bertz CT molecular complexity index is 1380. The lowest BCUT2D eigenvalue weighted by atomic mass is 10.0. The number of benzene rings is 3. The first-order chi connectivity index (χ1) is 16.5. The molecule has 5 nitrogen and oxygen atoms in total. The zero-order valence-corrected chi connectivity index (χ0v) is 19.2. The van der Waals surface area contributed by atoms with Gasteiger partial charge in [0.2, 0.25) is 0 Å². The Morgan fingerprint density at radius 2 is 1.82 bits per heavy atom. The predicted molar refractivity (Wildman–Crippen MR) is 132 cm³/mol. The minimum Gasteiger partial charge on any atom is -0.496 e. The normalized spacial score (nSPS) is 12.4. The lowest BCUT2D eigenvalue weighted by Gasteiger charge is -2.21. The van der Waals surface area contributed by atoms with Crippen molar-refractivity contribution in [2.24, 2.45) is 0 Å². The van der Waals surface area contributed by atoms with Gasteiger partial charge in [-0.15, -0.1) is 11.3 Å². The van der Waals surface area contributed by atoms with Crippen LogP contribution in [0.4, 0.5) is 15.8 Å². The number of thiophene rings is 1. The van der Waals surface area contributed by atoms with Crippen LogP contribution in [-0.4, -0.2) is 25.5 Å². The minimum atomic E-state index is -0.528. The molecule has 2 heterocycles. The van der Waals surface area contributed by atoms with Gasteiger partial charge in [0.25, 0.3) is 11.8 Å². The Hall–Kier alpha value is -3.97. The largest absolute Gasteiger partial charge is 0.496 e. The number of hydrogen-bond donors (Lipinski definition) is 1. The number of fused-ring (bicyclic) bond motifs is 3. The van der Waals surface area contributed by atoms with E-state index in [1.54, 1.807) is 35.6 Å². The second kappa shape index (κ2) is 9.11. The second-order valence-electron chi connectivity index (χ2n) is 7.87. The van der Waals surface area contributed by atoms with E-state index in [0.717, 1.165) is 23.1 Å². The minimum absolute atomic E-state index is 0.0942. The van der Waals surface area contributed by atoms with Crippen LogP contribution in [0.1, 0.15) is 26.3 Å². The maximum Gasteiger partial charge on any atom is 0.259 e. The molecule has 7 heteroatoms. The molecule has 3 aromatic carbocycles. The summed E-state index contributed by atoms with van der Waals surface area (Å²) in [5.74, 6) is -0.848. The number of halogens is 1. The Morgan fingerprint density at radius 1 is 1.03 bits per heavy atom. The molecule has 0 bridgehead atoms. The third kappa shape index (κ3) is 4.06. The van der Waals surface area contributed by atoms with Crippen molar-refractivity contribution in [2.75, 3.05) is 23.9 Å². The molecule has 170 valence electrons. The third-order valence-corrected chi connectivity index (χ3v) is 6.78. The number of carbonyl (C=O) groups is 2. The number of nitrogens with zero attached hydrogens (tertiary/aromatic N) is 1. The monoisotopic (exact) mass is 472 g/mol. The fraction of sp³-hybridized carbons (Fsp3) is 0.111. The van der Waals surface area contributed by atoms with Gasteiger partial charge >= 0.3 is 0 Å². The second-order valence-corrected chi connectivity index (χ2v) is 8.79. The van der Waals surface area contributed by atoms with Crippen molar-refractivity contribution < 1.29 is 18.7 Å². The summed E-state index contributed by atoms with van der Waals surface area (Å²) in [6.07, 6.45) is 0.771. The van der Waals surface area contributed by atoms with Crippen molar-refractivity contribution in [3.63, 3.8) is 0 Å². The highest BCUT2D eigenvalue weighted by Gasteiger charge is 2.26. The molecule has 1 N–H and O–H groups in total. The highest BCUT2D eigenvalue weighted by Crippen LogP contribution is 2.41. The number of rotatable bonds is 4. The van der Waals surface area contributed by atoms with Gasteiger partial charge in [-0.05, 0) is 71.5 Å². The van der Waals surface area contributed by atoms with Crippen molar-refractivity contribution in [3.8, 4) is 16.2 Å². The van der Waals surface area contributed by atoms with Crippen molar-refractivity contribution in [3.05, 3.63) is 101 Å². The molecule has 0 aliphatic carbocycles. The average molecular weight is 473 g/mol. The highest BCUT2D eigenvalue weighted by atomic mass is 32.1. The van der Waals surface area contributed by atoms with E-state index in [-0.39, 0.29) is 17.2 Å². The Morgan fingerprint density at radius 3 is 2.62 bits per heavy atom. The number of nitrogens with one attached hydrogen (secondary N) is 1. The number of amides is 2. The SMILES string of the molecule is COc1ccc(F)cc1C(=O)Nc1ccc(C(=O)N2CCc3ccccc3-c3sccc32)cc1. The van der Waals surface area contributed by atoms with E-state index in [1.807, 2.05) is 28.5 Å². The van der Waals surface area contributed by atoms with Gasteiger partial charge in [0.1, 0.15) is 11.6 Å². The van der Waals surface area contributed by atoms with Gasteiger partial charge in [-0.3, -0.25) is 9.59 Å². The standard InChI is InChI=1S/C27H21FN2O3S/c1-33-24-11-8-19(28)16-22(24)26(31)29-20-9-6-18(7-10-20)27(32)30-14-12-17-4-2-3-5-21(17)25-23(30)13-15-34-25/h2-11,13,15-16H,12,14H2,1H3,(H,29,31). The fourth-order valence-corrected chi connectivity index (χ4v) is 5.11. The van der Waals surface area contributed by atoms with Gasteiger partial charge in [0.05, 0.1) is 23.2 Å². The van der Waals surface area contributed by atoms with E-state index in [9.17, 15) is 14.0 Å². The molecule has 0 atom stereocenters. The van der Waals surface area contributed by atoms with Gasteiger partial charge in [-0.1, -0.05) is 24.3 Å². The molecule has 5 rings (SSSR count). The van der Waals surface area contributed by atoms with Gasteiger partial charge < -0.3 is 15.0 Å². The van der Waals surface area contributed by atoms with Crippen molar-refractivity contribution in [2.45, 2.75) is 6.42 Å². The zero-order chi connectivity index (χ0) is 23.7. The van der Waals surface area contributed by atoms with E-state index in [4.69, 9.17) is 4.74 Å². The summed E-state index contributed by atoms with van der Waals surface area (Å²) in [6.45, 7) is 0.581. The summed E-state index contributed by atoms with van der Waals surface area (Å²) in [5, 5.41) is 4.74. The first-order valence-corrected chi connectivity index (χ1v) is 11.7. The summed E-state index contributed by atoms with van der Waals surface area (Å²) in [4.78, 5) is 29.0. The Balaban J connectivity index is 1.36. The van der Waals surface area contributed by atoms with Crippen molar-refractivity contribution >= 4 is 34.5 Å². The molecule has 4 aromatic rings. The maximum absolute atomic E-state index is 13.6.